The van der Waals surface area contributed by atoms with Crippen LogP contribution in [-0.4, -0.2) is 42.9 Å². The quantitative estimate of drug-likeness (QED) is 0.517. The Morgan fingerprint density at radius 2 is 2.05 bits per heavy atom. The number of rotatable bonds is 5. The number of amides is 1. The summed E-state index contributed by atoms with van der Waals surface area (Å²) in [5, 5.41) is 6.93. The van der Waals surface area contributed by atoms with E-state index in [1.54, 1.807) is 0 Å². The van der Waals surface area contributed by atoms with E-state index in [-0.39, 0.29) is 6.09 Å². The maximum atomic E-state index is 11.4. The highest BCUT2D eigenvalue weighted by Gasteiger charge is 2.23. The summed E-state index contributed by atoms with van der Waals surface area (Å²) in [5.74, 6) is 0.947. The third kappa shape index (κ3) is 6.85. The minimum Gasteiger partial charge on any atom is -0.444 e. The lowest BCUT2D eigenvalue weighted by atomic mass is 10.2. The average Bonchev–Trinajstić information content (AvgIpc) is 2.55. The number of amidine groups is 1. The zero-order chi connectivity index (χ0) is 14.5. The summed E-state index contributed by atoms with van der Waals surface area (Å²) >= 11 is 0. The van der Waals surface area contributed by atoms with Crippen LogP contribution < -0.4 is 16.3 Å². The molecule has 0 unspecified atom stereocenters. The third-order valence-corrected chi connectivity index (χ3v) is 2.35. The molecule has 0 aromatic rings. The van der Waals surface area contributed by atoms with E-state index in [0.29, 0.717) is 11.2 Å². The molecule has 0 saturated carbocycles. The summed E-state index contributed by atoms with van der Waals surface area (Å²) < 4.78 is 5.61. The van der Waals surface area contributed by atoms with Crippen molar-refractivity contribution in [2.24, 2.45) is 5.10 Å². The minimum absolute atomic E-state index is 0.358. The average molecular weight is 272 g/mol. The van der Waals surface area contributed by atoms with E-state index in [9.17, 15) is 4.79 Å². The van der Waals surface area contributed by atoms with Gasteiger partial charge in [0.05, 0.1) is 0 Å². The molecule has 0 aliphatic carbocycles. The molecule has 3 N–H and O–H groups in total. The lowest BCUT2D eigenvalue weighted by Crippen LogP contribution is -2.55. The molecule has 0 fully saturated rings. The second-order valence-corrected chi connectivity index (χ2v) is 6.11. The Labute approximate surface area is 114 Å². The molecule has 1 heterocycles. The molecule has 0 saturated heterocycles. The molecular weight excluding hydrogens is 246 g/mol. The van der Waals surface area contributed by atoms with E-state index >= 15 is 0 Å². The minimum atomic E-state index is -0.443. The van der Waals surface area contributed by atoms with Crippen LogP contribution in [0.2, 0.25) is 0 Å². The first-order valence-corrected chi connectivity index (χ1v) is 6.61. The highest BCUT2D eigenvalue weighted by molar-refractivity contribution is 5.81. The van der Waals surface area contributed by atoms with Crippen molar-refractivity contribution in [2.75, 3.05) is 20.6 Å². The van der Waals surface area contributed by atoms with Crippen molar-refractivity contribution < 1.29 is 14.2 Å². The van der Waals surface area contributed by atoms with Gasteiger partial charge < -0.3 is 10.1 Å². The van der Waals surface area contributed by atoms with Gasteiger partial charge in [0, 0.05) is 13.0 Å². The number of alkyl carbamates (subject to hydrolysis) is 1. The molecule has 0 aromatic carbocycles. The van der Waals surface area contributed by atoms with Crippen molar-refractivity contribution >= 4 is 11.9 Å². The molecule has 1 aliphatic rings. The normalized spacial score (nSPS) is 17.2. The van der Waals surface area contributed by atoms with Crippen LogP contribution in [0, 0.1) is 0 Å². The van der Waals surface area contributed by atoms with Gasteiger partial charge in [-0.2, -0.15) is 5.43 Å². The van der Waals surface area contributed by atoms with Gasteiger partial charge in [-0.05, 0) is 33.6 Å². The fourth-order valence-electron chi connectivity index (χ4n) is 1.59. The fourth-order valence-corrected chi connectivity index (χ4v) is 1.59. The number of carbonyl (C=O) groups is 1. The van der Waals surface area contributed by atoms with E-state index < -0.39 is 5.60 Å². The van der Waals surface area contributed by atoms with Crippen molar-refractivity contribution in [3.05, 3.63) is 0 Å². The van der Waals surface area contributed by atoms with Crippen LogP contribution in [-0.2, 0) is 4.74 Å². The van der Waals surface area contributed by atoms with Crippen LogP contribution >= 0.6 is 0 Å². The molecule has 7 heteroatoms. The molecule has 19 heavy (non-hydrogen) atoms. The Hall–Kier alpha value is -1.50. The van der Waals surface area contributed by atoms with Crippen molar-refractivity contribution in [1.82, 2.24) is 16.3 Å². The van der Waals surface area contributed by atoms with Crippen molar-refractivity contribution in [3.8, 4) is 0 Å². The number of hydrogen-bond donors (Lipinski definition) is 3. The Morgan fingerprint density at radius 1 is 1.37 bits per heavy atom. The van der Waals surface area contributed by atoms with Crippen molar-refractivity contribution in [2.45, 2.75) is 45.6 Å². The Kier molecular flexibility index (Phi) is 4.99. The topological polar surface area (TPSA) is 74.8 Å². The van der Waals surface area contributed by atoms with Crippen LogP contribution in [0.1, 0.15) is 40.0 Å². The van der Waals surface area contributed by atoms with E-state index in [0.717, 1.165) is 25.1 Å². The third-order valence-electron chi connectivity index (χ3n) is 2.35. The number of ether oxygens (including phenoxy) is 1. The number of carbonyl (C=O) groups excluding carboxylic acids is 1. The highest BCUT2D eigenvalue weighted by Crippen LogP contribution is 2.06. The molecular formula is C12H26N5O2+. The number of hydrazone groups is 1. The summed E-state index contributed by atoms with van der Waals surface area (Å²) in [5.41, 5.74) is 5.74. The molecule has 1 aliphatic heterocycles. The Balaban J connectivity index is 2.05. The molecule has 1 rings (SSSR count). The molecule has 7 nitrogen and oxygen atoms in total. The summed E-state index contributed by atoms with van der Waals surface area (Å²) in [6.45, 7) is 6.17. The predicted molar refractivity (Wildman–Crippen MR) is 73.9 cm³/mol. The molecule has 0 radical (unpaired) electrons. The van der Waals surface area contributed by atoms with Crippen LogP contribution in [0.3, 0.4) is 0 Å². The van der Waals surface area contributed by atoms with Gasteiger partial charge in [0.2, 0.25) is 0 Å². The summed E-state index contributed by atoms with van der Waals surface area (Å²) in [7, 11) is 3.95. The van der Waals surface area contributed by atoms with Crippen LogP contribution in [0.4, 0.5) is 4.79 Å². The van der Waals surface area contributed by atoms with E-state index in [1.807, 2.05) is 34.9 Å². The Morgan fingerprint density at radius 3 is 2.58 bits per heavy atom. The van der Waals surface area contributed by atoms with Crippen LogP contribution in [0.15, 0.2) is 5.10 Å². The SMILES string of the molecule is CC(C)(C)OC(=O)NCCCCC1=NN[N+](C)(C)N1. The van der Waals surface area contributed by atoms with Gasteiger partial charge in [0.15, 0.2) is 5.84 Å². The van der Waals surface area contributed by atoms with Gasteiger partial charge in [-0.1, -0.05) is 0 Å². The Bertz CT molecular complexity index is 347. The van der Waals surface area contributed by atoms with Crippen molar-refractivity contribution in [3.63, 3.8) is 0 Å². The first-order valence-electron chi connectivity index (χ1n) is 6.61. The number of nitrogens with zero attached hydrogens (tertiary/aromatic N) is 2. The molecule has 1 amide bonds. The molecule has 0 atom stereocenters. The summed E-state index contributed by atoms with van der Waals surface area (Å²) in [4.78, 5) is 11.4. The van der Waals surface area contributed by atoms with Gasteiger partial charge >= 0.3 is 6.09 Å². The largest absolute Gasteiger partial charge is 0.444 e. The number of hydrogen-bond acceptors (Lipinski definition) is 5. The zero-order valence-electron chi connectivity index (χ0n) is 12.5. The molecule has 0 bridgehead atoms. The maximum Gasteiger partial charge on any atom is 0.407 e. The lowest BCUT2D eigenvalue weighted by Gasteiger charge is -2.20. The first kappa shape index (κ1) is 15.6. The second kappa shape index (κ2) is 6.10. The standard InChI is InChI=1S/C12H25N5O2/c1-12(2,3)19-11(18)13-9-7-6-8-10-14-16-17(4,5)15-10/h16H,6-9H2,1-5H3,(H-,13,14,15,18)/p+1. The number of nitrogens with one attached hydrogen (secondary N) is 3. The second-order valence-electron chi connectivity index (χ2n) is 6.11. The number of quaternary nitrogens is 1. The first-order chi connectivity index (χ1) is 8.68. The van der Waals surface area contributed by atoms with Gasteiger partial charge in [0.1, 0.15) is 19.7 Å². The molecule has 0 spiro atoms. The fraction of sp³-hybridized carbons (Fsp3) is 0.833. The lowest BCUT2D eigenvalue weighted by molar-refractivity contribution is -0.960. The van der Waals surface area contributed by atoms with Gasteiger partial charge in [0.25, 0.3) is 0 Å². The van der Waals surface area contributed by atoms with Crippen molar-refractivity contribution in [1.29, 1.82) is 0 Å². The van der Waals surface area contributed by atoms with E-state index in [4.69, 9.17) is 4.74 Å². The monoisotopic (exact) mass is 272 g/mol. The van der Waals surface area contributed by atoms with Gasteiger partial charge in [-0.3, -0.25) is 0 Å². The summed E-state index contributed by atoms with van der Waals surface area (Å²) in [6, 6.07) is 0. The molecule has 110 valence electrons. The van der Waals surface area contributed by atoms with Crippen LogP contribution in [0.25, 0.3) is 0 Å². The smallest absolute Gasteiger partial charge is 0.407 e. The maximum absolute atomic E-state index is 11.4. The number of unbranched alkanes of at least 4 members (excludes halogenated alkanes) is 1. The predicted octanol–water partition coefficient (Wildman–Crippen LogP) is 1.09. The van der Waals surface area contributed by atoms with E-state index in [1.165, 1.54) is 0 Å². The summed E-state index contributed by atoms with van der Waals surface area (Å²) in [6.07, 6.45) is 2.37. The molecule has 0 aromatic heterocycles. The van der Waals surface area contributed by atoms with E-state index in [2.05, 4.69) is 21.4 Å². The van der Waals surface area contributed by atoms with Gasteiger partial charge in [-0.15, -0.1) is 15.3 Å². The highest BCUT2D eigenvalue weighted by atomic mass is 16.6. The zero-order valence-corrected chi connectivity index (χ0v) is 12.5. The van der Waals surface area contributed by atoms with Gasteiger partial charge in [-0.25, -0.2) is 4.79 Å². The van der Waals surface area contributed by atoms with Crippen LogP contribution in [0.5, 0.6) is 0 Å².